The van der Waals surface area contributed by atoms with Gasteiger partial charge in [-0.3, -0.25) is 4.79 Å². The molecule has 0 radical (unpaired) electrons. The maximum atomic E-state index is 12.4. The molecule has 1 amide bonds. The third-order valence-corrected chi connectivity index (χ3v) is 4.26. The highest BCUT2D eigenvalue weighted by Crippen LogP contribution is 2.17. The molecule has 0 aliphatic carbocycles. The van der Waals surface area contributed by atoms with Gasteiger partial charge in [0, 0.05) is 17.1 Å². The number of amides is 1. The van der Waals surface area contributed by atoms with Crippen molar-refractivity contribution < 1.29 is 19.4 Å². The molecule has 0 heterocycles. The first-order valence-corrected chi connectivity index (χ1v) is 8.44. The number of ether oxygens (including phenoxy) is 1. The van der Waals surface area contributed by atoms with E-state index in [4.69, 9.17) is 4.74 Å². The van der Waals surface area contributed by atoms with Crippen molar-refractivity contribution in [3.63, 3.8) is 0 Å². The average molecular weight is 439 g/mol. The van der Waals surface area contributed by atoms with E-state index in [9.17, 15) is 14.7 Å². The molecule has 2 rings (SSSR count). The Kier molecular flexibility index (Phi) is 6.74. The van der Waals surface area contributed by atoms with Gasteiger partial charge < -0.3 is 15.2 Å². The predicted octanol–water partition coefficient (Wildman–Crippen LogP) is 2.79. The van der Waals surface area contributed by atoms with Gasteiger partial charge in [-0.15, -0.1) is 0 Å². The third-order valence-electron chi connectivity index (χ3n) is 3.54. The molecular weight excluding hydrogens is 421 g/mol. The maximum absolute atomic E-state index is 12.4. The molecule has 2 atom stereocenters. The molecule has 0 spiro atoms. The Hall–Kier alpha value is -1.93. The summed E-state index contributed by atoms with van der Waals surface area (Å²) in [6, 6.07) is 15.5. The molecule has 2 N–H and O–H groups in total. The number of benzene rings is 2. The third kappa shape index (κ3) is 5.04. The number of hydrogen-bond acceptors (Lipinski definition) is 3. The lowest BCUT2D eigenvalue weighted by Crippen LogP contribution is -2.44. The number of rotatable bonds is 7. The van der Waals surface area contributed by atoms with Crippen molar-refractivity contribution in [3.8, 4) is 0 Å². The Balaban J connectivity index is 2.10. The summed E-state index contributed by atoms with van der Waals surface area (Å²) in [4.78, 5) is 23.9. The molecule has 0 aromatic heterocycles. The Labute approximate surface area is 154 Å². The van der Waals surface area contributed by atoms with Gasteiger partial charge in [0.25, 0.3) is 5.91 Å². The summed E-state index contributed by atoms with van der Waals surface area (Å²) in [7, 11) is 1.42. The van der Waals surface area contributed by atoms with E-state index in [1.165, 1.54) is 7.11 Å². The van der Waals surface area contributed by atoms with E-state index in [0.717, 1.165) is 9.13 Å². The lowest BCUT2D eigenvalue weighted by atomic mass is 10.0. The molecule has 2 aromatic carbocycles. The molecule has 0 aliphatic rings. The van der Waals surface area contributed by atoms with Gasteiger partial charge in [0.15, 0.2) is 6.10 Å². The Bertz CT molecular complexity index is 688. The van der Waals surface area contributed by atoms with Gasteiger partial charge in [-0.1, -0.05) is 42.5 Å². The summed E-state index contributed by atoms with van der Waals surface area (Å²) in [6.07, 6.45) is -0.631. The number of aliphatic carboxylic acids is 1. The summed E-state index contributed by atoms with van der Waals surface area (Å²) in [6.45, 7) is 0. The minimum Gasteiger partial charge on any atom is -0.480 e. The highest BCUT2D eigenvalue weighted by Gasteiger charge is 2.26. The SMILES string of the molecule is CO[C@H](C(=O)N[C@@H](Cc1ccc(I)cc1)C(=O)O)c1ccccc1. The van der Waals surface area contributed by atoms with Crippen LogP contribution in [0.25, 0.3) is 0 Å². The van der Waals surface area contributed by atoms with Crippen molar-refractivity contribution in [2.45, 2.75) is 18.6 Å². The van der Waals surface area contributed by atoms with Crippen molar-refractivity contribution in [3.05, 3.63) is 69.3 Å². The van der Waals surface area contributed by atoms with E-state index >= 15 is 0 Å². The van der Waals surface area contributed by atoms with Crippen molar-refractivity contribution >= 4 is 34.5 Å². The van der Waals surface area contributed by atoms with Crippen LogP contribution in [0.5, 0.6) is 0 Å². The van der Waals surface area contributed by atoms with Crippen molar-refractivity contribution in [2.75, 3.05) is 7.11 Å². The molecule has 0 aliphatic heterocycles. The van der Waals surface area contributed by atoms with Crippen LogP contribution in [0.15, 0.2) is 54.6 Å². The molecule has 5 nitrogen and oxygen atoms in total. The Morgan fingerprint density at radius 3 is 2.29 bits per heavy atom. The van der Waals surface area contributed by atoms with Crippen LogP contribution in [-0.4, -0.2) is 30.1 Å². The fraction of sp³-hybridized carbons (Fsp3) is 0.222. The summed E-state index contributed by atoms with van der Waals surface area (Å²) in [5.74, 6) is -1.55. The van der Waals surface area contributed by atoms with Crippen LogP contribution in [0.2, 0.25) is 0 Å². The standard InChI is InChI=1S/C18H18INO4/c1-24-16(13-5-3-2-4-6-13)17(21)20-15(18(22)23)11-12-7-9-14(19)10-8-12/h2-10,15-16H,11H2,1H3,(H,20,21)(H,22,23)/t15-,16-/m0/s1. The topological polar surface area (TPSA) is 75.6 Å². The minimum atomic E-state index is -1.08. The lowest BCUT2D eigenvalue weighted by Gasteiger charge is -2.20. The molecule has 0 saturated heterocycles. The molecule has 6 heteroatoms. The first kappa shape index (κ1) is 18.4. The van der Waals surface area contributed by atoms with E-state index in [0.29, 0.717) is 5.56 Å². The van der Waals surface area contributed by atoms with Crippen LogP contribution in [0.1, 0.15) is 17.2 Å². The molecule has 0 bridgehead atoms. The maximum Gasteiger partial charge on any atom is 0.326 e. The second-order valence-electron chi connectivity index (χ2n) is 5.26. The summed E-state index contributed by atoms with van der Waals surface area (Å²) in [5.41, 5.74) is 1.52. The fourth-order valence-corrected chi connectivity index (χ4v) is 2.69. The largest absolute Gasteiger partial charge is 0.480 e. The highest BCUT2D eigenvalue weighted by atomic mass is 127. The second-order valence-corrected chi connectivity index (χ2v) is 6.50. The Morgan fingerprint density at radius 2 is 1.75 bits per heavy atom. The molecule has 2 aromatic rings. The van der Waals surface area contributed by atoms with Crippen LogP contribution in [0, 0.1) is 3.57 Å². The van der Waals surface area contributed by atoms with Gasteiger partial charge >= 0.3 is 5.97 Å². The highest BCUT2D eigenvalue weighted by molar-refractivity contribution is 14.1. The molecule has 24 heavy (non-hydrogen) atoms. The van der Waals surface area contributed by atoms with Gasteiger partial charge in [-0.25, -0.2) is 4.79 Å². The number of nitrogens with one attached hydrogen (secondary N) is 1. The normalized spacial score (nSPS) is 13.1. The zero-order chi connectivity index (χ0) is 17.5. The van der Waals surface area contributed by atoms with Gasteiger partial charge in [0.2, 0.25) is 0 Å². The van der Waals surface area contributed by atoms with E-state index < -0.39 is 24.0 Å². The first-order chi connectivity index (χ1) is 11.5. The van der Waals surface area contributed by atoms with Gasteiger partial charge in [0.05, 0.1) is 0 Å². The van der Waals surface area contributed by atoms with Crippen molar-refractivity contribution in [1.82, 2.24) is 5.32 Å². The van der Waals surface area contributed by atoms with E-state index in [2.05, 4.69) is 27.9 Å². The fourth-order valence-electron chi connectivity index (χ4n) is 2.33. The number of hydrogen-bond donors (Lipinski definition) is 2. The van der Waals surface area contributed by atoms with Gasteiger partial charge in [0.1, 0.15) is 6.04 Å². The van der Waals surface area contributed by atoms with Crippen LogP contribution in [-0.2, 0) is 20.7 Å². The smallest absolute Gasteiger partial charge is 0.326 e. The van der Waals surface area contributed by atoms with Crippen LogP contribution in [0.4, 0.5) is 0 Å². The van der Waals surface area contributed by atoms with Crippen LogP contribution in [0.3, 0.4) is 0 Å². The second kappa shape index (κ2) is 8.79. The number of carboxylic acids is 1. The average Bonchev–Trinajstić information content (AvgIpc) is 2.57. The van der Waals surface area contributed by atoms with E-state index in [1.54, 1.807) is 24.3 Å². The zero-order valence-corrected chi connectivity index (χ0v) is 15.3. The quantitative estimate of drug-likeness (QED) is 0.651. The molecule has 126 valence electrons. The van der Waals surface area contributed by atoms with Crippen LogP contribution >= 0.6 is 22.6 Å². The molecule has 0 fully saturated rings. The van der Waals surface area contributed by atoms with Crippen molar-refractivity contribution in [2.24, 2.45) is 0 Å². The zero-order valence-electron chi connectivity index (χ0n) is 13.1. The van der Waals surface area contributed by atoms with E-state index in [1.807, 2.05) is 30.3 Å². The molecular formula is C18H18INO4. The van der Waals surface area contributed by atoms with Gasteiger partial charge in [-0.05, 0) is 45.9 Å². The lowest BCUT2D eigenvalue weighted by molar-refractivity contribution is -0.144. The summed E-state index contributed by atoms with van der Waals surface area (Å²) in [5, 5.41) is 12.0. The molecule has 0 saturated carbocycles. The summed E-state index contributed by atoms with van der Waals surface area (Å²) < 4.78 is 6.30. The Morgan fingerprint density at radius 1 is 1.12 bits per heavy atom. The van der Waals surface area contributed by atoms with Crippen molar-refractivity contribution in [1.29, 1.82) is 0 Å². The first-order valence-electron chi connectivity index (χ1n) is 7.36. The van der Waals surface area contributed by atoms with Crippen LogP contribution < -0.4 is 5.32 Å². The number of carbonyl (C=O) groups excluding carboxylic acids is 1. The number of carbonyl (C=O) groups is 2. The minimum absolute atomic E-state index is 0.212. The number of carboxylic acid groups (broad SMARTS) is 1. The predicted molar refractivity (Wildman–Crippen MR) is 98.6 cm³/mol. The van der Waals surface area contributed by atoms with Gasteiger partial charge in [-0.2, -0.15) is 0 Å². The monoisotopic (exact) mass is 439 g/mol. The molecule has 0 unspecified atom stereocenters. The summed E-state index contributed by atoms with van der Waals surface area (Å²) >= 11 is 2.18. The number of methoxy groups -OCH3 is 1. The van der Waals surface area contributed by atoms with E-state index in [-0.39, 0.29) is 6.42 Å². The number of halogens is 1.